The lowest BCUT2D eigenvalue weighted by Crippen LogP contribution is -2.48. The Hall–Kier alpha value is -2.69. The van der Waals surface area contributed by atoms with Crippen LogP contribution in [0.25, 0.3) is 10.8 Å². The number of hydrogen-bond acceptors (Lipinski definition) is 4. The molecule has 0 unspecified atom stereocenters. The molecule has 0 amide bonds. The molecule has 0 saturated carbocycles. The van der Waals surface area contributed by atoms with Crippen LogP contribution in [0.5, 0.6) is 5.75 Å². The Morgan fingerprint density at radius 1 is 0.826 bits per heavy atom. The summed E-state index contributed by atoms with van der Waals surface area (Å²) in [6, 6.07) is 17.7. The molecule has 2 aliphatic rings. The third-order valence-corrected chi connectivity index (χ3v) is 4.85. The van der Waals surface area contributed by atoms with Gasteiger partial charge in [-0.05, 0) is 22.9 Å². The van der Waals surface area contributed by atoms with Gasteiger partial charge in [0.15, 0.2) is 0 Å². The van der Waals surface area contributed by atoms with Gasteiger partial charge in [-0.1, -0.05) is 48.5 Å². The van der Waals surface area contributed by atoms with Gasteiger partial charge in [-0.2, -0.15) is 0 Å². The van der Waals surface area contributed by atoms with Gasteiger partial charge in [-0.25, -0.2) is 0 Å². The number of benzene rings is 3. The molecule has 4 heteroatoms. The van der Waals surface area contributed by atoms with Crippen molar-refractivity contribution in [3.8, 4) is 5.75 Å². The number of ketones is 1. The zero-order chi connectivity index (χ0) is 15.8. The van der Waals surface area contributed by atoms with E-state index in [9.17, 15) is 15.0 Å². The maximum absolute atomic E-state index is 12.8. The predicted octanol–water partition coefficient (Wildman–Crippen LogP) is 2.46. The predicted molar refractivity (Wildman–Crippen MR) is 83.1 cm³/mol. The number of carbonyl (C=O) groups is 1. The van der Waals surface area contributed by atoms with Crippen LogP contribution >= 0.6 is 0 Å². The standard InChI is InChI=1S/C19H12O4/c20-17-13-7-3-4-8-14(13)19(22)18(17,21)15-9-11-5-1-2-6-12(11)10-16(15)23-19/h1-10,21-22H/t18-,19-/m0/s1. The highest BCUT2D eigenvalue weighted by Gasteiger charge is 2.70. The fourth-order valence-corrected chi connectivity index (χ4v) is 3.70. The topological polar surface area (TPSA) is 66.8 Å². The largest absolute Gasteiger partial charge is 0.454 e. The fraction of sp³-hybridized carbons (Fsp3) is 0.105. The molecule has 4 nitrogen and oxygen atoms in total. The van der Waals surface area contributed by atoms with E-state index in [1.807, 2.05) is 24.3 Å². The number of rotatable bonds is 0. The van der Waals surface area contributed by atoms with E-state index in [-0.39, 0.29) is 5.56 Å². The summed E-state index contributed by atoms with van der Waals surface area (Å²) in [5, 5.41) is 24.0. The van der Waals surface area contributed by atoms with E-state index in [0.29, 0.717) is 16.9 Å². The van der Waals surface area contributed by atoms with E-state index in [2.05, 4.69) is 0 Å². The molecule has 2 atom stereocenters. The molecule has 3 aromatic rings. The van der Waals surface area contributed by atoms with Crippen LogP contribution in [0.15, 0.2) is 60.7 Å². The van der Waals surface area contributed by atoms with Gasteiger partial charge in [0.1, 0.15) is 5.75 Å². The average molecular weight is 304 g/mol. The van der Waals surface area contributed by atoms with E-state index in [4.69, 9.17) is 4.74 Å². The molecule has 0 aromatic heterocycles. The summed E-state index contributed by atoms with van der Waals surface area (Å²) in [6.07, 6.45) is 0. The molecule has 23 heavy (non-hydrogen) atoms. The Kier molecular flexibility index (Phi) is 2.11. The van der Waals surface area contributed by atoms with Gasteiger partial charge in [0.05, 0.1) is 0 Å². The van der Waals surface area contributed by atoms with E-state index < -0.39 is 17.2 Å². The molecule has 1 heterocycles. The smallest absolute Gasteiger partial charge is 0.276 e. The van der Waals surface area contributed by atoms with E-state index >= 15 is 0 Å². The zero-order valence-corrected chi connectivity index (χ0v) is 12.0. The Bertz CT molecular complexity index is 1010. The Morgan fingerprint density at radius 2 is 1.48 bits per heavy atom. The number of carbonyl (C=O) groups excluding carboxylic acids is 1. The van der Waals surface area contributed by atoms with Crippen LogP contribution in [0.4, 0.5) is 0 Å². The third-order valence-electron chi connectivity index (χ3n) is 4.85. The van der Waals surface area contributed by atoms with Crippen LogP contribution in [0.2, 0.25) is 0 Å². The van der Waals surface area contributed by atoms with Crippen LogP contribution in [-0.4, -0.2) is 16.0 Å². The maximum Gasteiger partial charge on any atom is 0.276 e. The second-order valence-corrected chi connectivity index (χ2v) is 6.03. The first-order valence-corrected chi connectivity index (χ1v) is 7.37. The first kappa shape index (κ1) is 12.8. The molecule has 5 rings (SSSR count). The summed E-state index contributed by atoms with van der Waals surface area (Å²) in [6.45, 7) is 0. The van der Waals surface area contributed by atoms with Gasteiger partial charge in [-0.15, -0.1) is 0 Å². The number of fused-ring (bicyclic) bond motifs is 6. The van der Waals surface area contributed by atoms with Crippen LogP contribution in [0.3, 0.4) is 0 Å². The minimum atomic E-state index is -2.12. The van der Waals surface area contributed by atoms with Gasteiger partial charge >= 0.3 is 0 Å². The van der Waals surface area contributed by atoms with Crippen LogP contribution < -0.4 is 4.74 Å². The second kappa shape index (κ2) is 3.79. The summed E-state index contributed by atoms with van der Waals surface area (Å²) in [5.41, 5.74) is -1.22. The molecule has 0 bridgehead atoms. The molecular formula is C19H12O4. The van der Waals surface area contributed by atoms with E-state index in [1.54, 1.807) is 36.4 Å². The highest BCUT2D eigenvalue weighted by Crippen LogP contribution is 2.58. The van der Waals surface area contributed by atoms with E-state index in [1.165, 1.54) is 0 Å². The lowest BCUT2D eigenvalue weighted by atomic mass is 9.86. The minimum Gasteiger partial charge on any atom is -0.454 e. The Labute approximate surface area is 131 Å². The Balaban J connectivity index is 1.86. The summed E-state index contributed by atoms with van der Waals surface area (Å²) in [7, 11) is 0. The van der Waals surface area contributed by atoms with Crippen molar-refractivity contribution in [1.29, 1.82) is 0 Å². The molecule has 0 radical (unpaired) electrons. The molecule has 2 N–H and O–H groups in total. The SMILES string of the molecule is O=C1c2ccccc2[C@]2(O)Oc3cc4ccccc4cc3[C@]12O. The van der Waals surface area contributed by atoms with E-state index in [0.717, 1.165) is 10.8 Å². The minimum absolute atomic E-state index is 0.288. The van der Waals surface area contributed by atoms with Crippen molar-refractivity contribution in [2.75, 3.05) is 0 Å². The quantitative estimate of drug-likeness (QED) is 0.669. The molecule has 0 spiro atoms. The normalized spacial score (nSPS) is 27.5. The van der Waals surface area contributed by atoms with Crippen molar-refractivity contribution in [1.82, 2.24) is 0 Å². The van der Waals surface area contributed by atoms with Crippen molar-refractivity contribution in [2.45, 2.75) is 11.4 Å². The highest BCUT2D eigenvalue weighted by atomic mass is 16.7. The van der Waals surface area contributed by atoms with Gasteiger partial charge in [0.2, 0.25) is 11.4 Å². The lowest BCUT2D eigenvalue weighted by Gasteiger charge is -2.28. The fourth-order valence-electron chi connectivity index (χ4n) is 3.70. The van der Waals surface area contributed by atoms with Crippen molar-refractivity contribution in [3.05, 3.63) is 77.4 Å². The molecule has 1 aliphatic carbocycles. The third kappa shape index (κ3) is 1.28. The monoisotopic (exact) mass is 304 g/mol. The van der Waals surface area contributed by atoms with Gasteiger partial charge < -0.3 is 14.9 Å². The number of ether oxygens (including phenoxy) is 1. The number of hydrogen-bond donors (Lipinski definition) is 2. The summed E-state index contributed by atoms with van der Waals surface area (Å²) in [5.74, 6) is -2.29. The average Bonchev–Trinajstić information content (AvgIpc) is 2.90. The van der Waals surface area contributed by atoms with Crippen molar-refractivity contribution in [3.63, 3.8) is 0 Å². The first-order valence-electron chi connectivity index (χ1n) is 7.37. The Morgan fingerprint density at radius 3 is 2.26 bits per heavy atom. The summed E-state index contributed by atoms with van der Waals surface area (Å²) >= 11 is 0. The first-order chi connectivity index (χ1) is 11.1. The van der Waals surface area contributed by atoms with Crippen LogP contribution in [0.1, 0.15) is 21.5 Å². The molecule has 1 aliphatic heterocycles. The molecule has 3 aromatic carbocycles. The molecular weight excluding hydrogens is 292 g/mol. The number of Topliss-reactive ketones (excluding diaryl/α,β-unsaturated/α-hetero) is 1. The van der Waals surface area contributed by atoms with Crippen molar-refractivity contribution >= 4 is 16.6 Å². The van der Waals surface area contributed by atoms with Crippen molar-refractivity contribution in [2.24, 2.45) is 0 Å². The molecule has 112 valence electrons. The summed E-state index contributed by atoms with van der Waals surface area (Å²) in [4.78, 5) is 12.8. The molecule has 0 fully saturated rings. The van der Waals surface area contributed by atoms with Crippen molar-refractivity contribution < 1.29 is 19.7 Å². The maximum atomic E-state index is 12.8. The highest BCUT2D eigenvalue weighted by molar-refractivity contribution is 6.10. The second-order valence-electron chi connectivity index (χ2n) is 6.03. The van der Waals surface area contributed by atoms with Crippen LogP contribution in [-0.2, 0) is 11.4 Å². The van der Waals surface area contributed by atoms with Gasteiger partial charge in [-0.3, -0.25) is 4.79 Å². The van der Waals surface area contributed by atoms with Gasteiger partial charge in [0.25, 0.3) is 5.79 Å². The summed E-state index contributed by atoms with van der Waals surface area (Å²) < 4.78 is 5.71. The molecule has 0 saturated heterocycles. The van der Waals surface area contributed by atoms with Crippen LogP contribution in [0, 0.1) is 0 Å². The zero-order valence-electron chi connectivity index (χ0n) is 12.0. The van der Waals surface area contributed by atoms with Gasteiger partial charge in [0, 0.05) is 16.7 Å². The lowest BCUT2D eigenvalue weighted by molar-refractivity contribution is -0.224. The number of aliphatic hydroxyl groups is 2.